The van der Waals surface area contributed by atoms with Crippen LogP contribution in [0.1, 0.15) is 258 Å². The van der Waals surface area contributed by atoms with E-state index in [9.17, 15) is 19.5 Å². The van der Waals surface area contributed by atoms with Gasteiger partial charge in [-0.25, -0.2) is 0 Å². The second kappa shape index (κ2) is 61.8. The second-order valence-corrected chi connectivity index (χ2v) is 22.7. The van der Waals surface area contributed by atoms with Crippen molar-refractivity contribution in [3.8, 4) is 0 Å². The summed E-state index contributed by atoms with van der Waals surface area (Å²) in [6.45, 7) is 4.61. The topological polar surface area (TPSA) is 111 Å². The largest absolute Gasteiger partial charge is 0.545 e. The number of allylic oxidation sites excluding steroid dienone is 20. The van der Waals surface area contributed by atoms with E-state index in [1.54, 1.807) is 0 Å². The monoisotopic (exact) mass is 1130 g/mol. The maximum atomic E-state index is 12.9. The highest BCUT2D eigenvalue weighted by atomic mass is 16.7. The first-order valence-corrected chi connectivity index (χ1v) is 32.7. The average Bonchev–Trinajstić information content (AvgIpc) is 3.44. The highest BCUT2D eigenvalue weighted by Crippen LogP contribution is 2.15. The van der Waals surface area contributed by atoms with Crippen LogP contribution >= 0.6 is 0 Å². The molecule has 0 saturated carbocycles. The van der Waals surface area contributed by atoms with Crippen molar-refractivity contribution < 1.29 is 42.9 Å². The van der Waals surface area contributed by atoms with E-state index in [1.807, 2.05) is 21.1 Å². The number of carbonyl (C=O) groups is 3. The van der Waals surface area contributed by atoms with Gasteiger partial charge >= 0.3 is 11.9 Å². The number of quaternary nitrogens is 1. The number of ether oxygens (including phenoxy) is 4. The quantitative estimate of drug-likeness (QED) is 0.0195. The Balaban J connectivity index is 4.27. The number of carboxylic acids is 1. The molecule has 0 amide bonds. The molecule has 0 fully saturated rings. The highest BCUT2D eigenvalue weighted by molar-refractivity contribution is 5.70. The van der Waals surface area contributed by atoms with E-state index in [0.29, 0.717) is 17.4 Å². The van der Waals surface area contributed by atoms with Gasteiger partial charge in [0.15, 0.2) is 12.4 Å². The van der Waals surface area contributed by atoms with Crippen molar-refractivity contribution in [2.75, 3.05) is 47.5 Å². The zero-order valence-corrected chi connectivity index (χ0v) is 52.6. The molecule has 0 rings (SSSR count). The molecule has 462 valence electrons. The summed E-state index contributed by atoms with van der Waals surface area (Å²) < 4.78 is 22.7. The molecule has 0 aromatic heterocycles. The van der Waals surface area contributed by atoms with Crippen LogP contribution in [0.25, 0.3) is 0 Å². The van der Waals surface area contributed by atoms with E-state index in [-0.39, 0.29) is 38.6 Å². The van der Waals surface area contributed by atoms with Crippen molar-refractivity contribution in [3.63, 3.8) is 0 Å². The summed E-state index contributed by atoms with van der Waals surface area (Å²) in [5.74, 6) is -2.32. The predicted octanol–water partition coefficient (Wildman–Crippen LogP) is 18.7. The third-order valence-electron chi connectivity index (χ3n) is 13.7. The Morgan fingerprint density at radius 2 is 0.704 bits per heavy atom. The molecule has 9 heteroatoms. The van der Waals surface area contributed by atoms with Crippen molar-refractivity contribution in [2.45, 2.75) is 270 Å². The number of hydrogen-bond donors (Lipinski definition) is 0. The third-order valence-corrected chi connectivity index (χ3v) is 13.7. The van der Waals surface area contributed by atoms with Gasteiger partial charge in [-0.2, -0.15) is 0 Å². The summed E-state index contributed by atoms with van der Waals surface area (Å²) >= 11 is 0. The summed E-state index contributed by atoms with van der Waals surface area (Å²) in [6, 6.07) is 0. The predicted molar refractivity (Wildman–Crippen MR) is 343 cm³/mol. The fourth-order valence-corrected chi connectivity index (χ4v) is 8.70. The third kappa shape index (κ3) is 63.1. The van der Waals surface area contributed by atoms with Gasteiger partial charge in [-0.15, -0.1) is 0 Å². The van der Waals surface area contributed by atoms with Crippen molar-refractivity contribution >= 4 is 17.9 Å². The molecule has 0 radical (unpaired) electrons. The molecule has 0 spiro atoms. The van der Waals surface area contributed by atoms with Crippen LogP contribution in [0, 0.1) is 0 Å². The Labute approximate surface area is 497 Å². The van der Waals surface area contributed by atoms with Crippen LogP contribution in [-0.2, 0) is 33.3 Å². The molecule has 0 aliphatic heterocycles. The molecule has 0 heterocycles. The van der Waals surface area contributed by atoms with Crippen LogP contribution in [0.5, 0.6) is 0 Å². The van der Waals surface area contributed by atoms with Gasteiger partial charge in [-0.05, 0) is 109 Å². The summed E-state index contributed by atoms with van der Waals surface area (Å²) in [4.78, 5) is 37.4. The van der Waals surface area contributed by atoms with Crippen LogP contribution in [-0.4, -0.2) is 82.3 Å². The minimum absolute atomic E-state index is 0.138. The van der Waals surface area contributed by atoms with Crippen molar-refractivity contribution in [1.82, 2.24) is 0 Å². The molecule has 0 aromatic carbocycles. The molecule has 9 nitrogen and oxygen atoms in total. The zero-order chi connectivity index (χ0) is 59.1. The summed E-state index contributed by atoms with van der Waals surface area (Å²) in [5.41, 5.74) is 0. The Morgan fingerprint density at radius 1 is 0.383 bits per heavy atom. The number of hydrogen-bond acceptors (Lipinski definition) is 8. The number of carbonyl (C=O) groups excluding carboxylic acids is 3. The van der Waals surface area contributed by atoms with Gasteiger partial charge in [-0.3, -0.25) is 9.59 Å². The molecular formula is C72H121NO8. The Hall–Kier alpha value is -4.31. The number of carboxylic acid groups (broad SMARTS) is 1. The maximum Gasteiger partial charge on any atom is 0.306 e. The molecule has 0 bridgehead atoms. The molecule has 81 heavy (non-hydrogen) atoms. The molecule has 2 unspecified atom stereocenters. The van der Waals surface area contributed by atoms with E-state index in [2.05, 4.69) is 135 Å². The summed E-state index contributed by atoms with van der Waals surface area (Å²) in [5, 5.41) is 11.8. The van der Waals surface area contributed by atoms with Crippen LogP contribution in [0.15, 0.2) is 122 Å². The first-order chi connectivity index (χ1) is 39.6. The van der Waals surface area contributed by atoms with Crippen LogP contribution < -0.4 is 5.11 Å². The van der Waals surface area contributed by atoms with Crippen LogP contribution in [0.2, 0.25) is 0 Å². The zero-order valence-electron chi connectivity index (χ0n) is 52.6. The smallest absolute Gasteiger partial charge is 0.306 e. The normalized spacial score (nSPS) is 13.5. The van der Waals surface area contributed by atoms with E-state index in [4.69, 9.17) is 18.9 Å². The van der Waals surface area contributed by atoms with Crippen molar-refractivity contribution in [2.24, 2.45) is 0 Å². The van der Waals surface area contributed by atoms with Crippen LogP contribution in [0.4, 0.5) is 0 Å². The lowest BCUT2D eigenvalue weighted by Crippen LogP contribution is -2.44. The first-order valence-electron chi connectivity index (χ1n) is 32.7. The van der Waals surface area contributed by atoms with Crippen molar-refractivity contribution in [3.05, 3.63) is 122 Å². The Bertz CT molecular complexity index is 1740. The molecule has 2 atom stereocenters. The highest BCUT2D eigenvalue weighted by Gasteiger charge is 2.22. The van der Waals surface area contributed by atoms with Crippen LogP contribution in [0.3, 0.4) is 0 Å². The second-order valence-electron chi connectivity index (χ2n) is 22.7. The minimum atomic E-state index is -1.63. The van der Waals surface area contributed by atoms with Crippen molar-refractivity contribution in [1.29, 1.82) is 0 Å². The van der Waals surface area contributed by atoms with Gasteiger partial charge in [0.2, 0.25) is 0 Å². The van der Waals surface area contributed by atoms with E-state index >= 15 is 0 Å². The Kier molecular flexibility index (Phi) is 58.5. The molecule has 0 aliphatic carbocycles. The maximum absolute atomic E-state index is 12.9. The van der Waals surface area contributed by atoms with E-state index in [0.717, 1.165) is 109 Å². The SMILES string of the molecule is CC/C=C\C/C=C\C/C=C\C/C=C\C/C=C\C/C=C\C/C=C\C/C=C\C/C=C\CCCCCCCC(=O)OC(COC(=O)CCCCCCCCCCCCC/C=C\CCCCCCCCCC)COC(OCC[N+](C)(C)C)C(=O)[O-]. The summed E-state index contributed by atoms with van der Waals surface area (Å²) in [7, 11) is 5.91. The Morgan fingerprint density at radius 3 is 1.06 bits per heavy atom. The van der Waals surface area contributed by atoms with Gasteiger partial charge in [0.25, 0.3) is 0 Å². The molecule has 0 aromatic rings. The van der Waals surface area contributed by atoms with Gasteiger partial charge in [-0.1, -0.05) is 257 Å². The van der Waals surface area contributed by atoms with Gasteiger partial charge in [0, 0.05) is 12.8 Å². The molecular weight excluding hydrogens is 1010 g/mol. The standard InChI is InChI=1S/C72H121NO8/c1-6-8-10-12-14-16-18-20-22-24-26-28-30-31-32-33-34-35-36-37-38-39-41-43-45-47-49-51-53-55-57-59-61-63-70(75)81-68(67-80-72(71(76)77)78-65-64-73(3,4)5)66-79-69(74)62-60-58-56-54-52-50-48-46-44-42-40-29-27-25-23-21-19-17-15-13-11-9-7-2/h8,10,14,16,20,22,25-28,31-32,34-35,37-38,41,43,47,49,68,72H,6-7,9,11-13,15,17-19,21,23-24,29-30,33,36,39-40,42,44-46,48,50-67H2,1-5H3/b10-8-,16-14-,22-20-,27-25-,28-26-,32-31-,35-34-,38-37-,43-41-,49-47-. The fraction of sp³-hybridized carbons (Fsp3) is 0.681. The van der Waals surface area contributed by atoms with E-state index < -0.39 is 24.3 Å². The van der Waals surface area contributed by atoms with Gasteiger partial charge < -0.3 is 33.3 Å². The molecule has 0 N–H and O–H groups in total. The average molecular weight is 1130 g/mol. The van der Waals surface area contributed by atoms with Gasteiger partial charge in [0.05, 0.1) is 40.3 Å². The number of rotatable bonds is 59. The van der Waals surface area contributed by atoms with E-state index in [1.165, 1.54) is 116 Å². The lowest BCUT2D eigenvalue weighted by atomic mass is 10.0. The first kappa shape index (κ1) is 76.7. The lowest BCUT2D eigenvalue weighted by Gasteiger charge is -2.26. The molecule has 0 saturated heterocycles. The van der Waals surface area contributed by atoms with Gasteiger partial charge in [0.1, 0.15) is 13.2 Å². The number of unbranched alkanes of at least 4 members (excludes halogenated alkanes) is 24. The summed E-state index contributed by atoms with van der Waals surface area (Å²) in [6.07, 6.45) is 84.0. The lowest BCUT2D eigenvalue weighted by molar-refractivity contribution is -0.870. The fourth-order valence-electron chi connectivity index (χ4n) is 8.70. The molecule has 0 aliphatic rings. The number of esters is 2. The number of nitrogens with zero attached hydrogens (tertiary/aromatic N) is 1. The minimum Gasteiger partial charge on any atom is -0.545 e. The number of likely N-dealkylation sites (N-methyl/N-ethyl adjacent to an activating group) is 1. The number of aliphatic carboxylic acids is 1.